The lowest BCUT2D eigenvalue weighted by atomic mass is 10.1. The minimum Gasteiger partial charge on any atom is -0.321 e. The van der Waals surface area contributed by atoms with E-state index in [0.717, 1.165) is 0 Å². The Morgan fingerprint density at radius 3 is 2.41 bits per heavy atom. The molecule has 0 unspecified atom stereocenters. The Hall–Kier alpha value is -1.50. The van der Waals surface area contributed by atoms with E-state index in [0.29, 0.717) is 26.0 Å². The van der Waals surface area contributed by atoms with Crippen molar-refractivity contribution in [3.8, 4) is 0 Å². The van der Waals surface area contributed by atoms with E-state index in [1.807, 2.05) is 0 Å². The Morgan fingerprint density at radius 2 is 1.81 bits per heavy atom. The number of halogens is 1. The van der Waals surface area contributed by atoms with Crippen molar-refractivity contribution in [1.82, 2.24) is 0 Å². The molecule has 0 saturated heterocycles. The Kier molecular flexibility index (Phi) is 7.77. The molecule has 0 radical (unpaired) electrons. The Balaban J connectivity index is 2.16. The summed E-state index contributed by atoms with van der Waals surface area (Å²) in [5.74, 6) is -0.562. The zero-order valence-electron chi connectivity index (χ0n) is 15.3. The Morgan fingerprint density at radius 1 is 1.15 bits per heavy atom. The molecule has 0 atom stereocenters. The maximum Gasteiger partial charge on any atom is 0.335 e. The number of Topliss-reactive ketones (excluding diaryl/α,β-unsaturated/α-hetero) is 1. The number of carbonyl (C=O) groups excluding carboxylic acids is 2. The van der Waals surface area contributed by atoms with E-state index >= 15 is 0 Å². The van der Waals surface area contributed by atoms with Crippen molar-refractivity contribution in [2.45, 2.75) is 26.9 Å². The van der Waals surface area contributed by atoms with Crippen molar-refractivity contribution in [3.63, 3.8) is 0 Å². The van der Waals surface area contributed by atoms with Crippen LogP contribution in [0, 0.1) is 0 Å². The molecule has 0 spiro atoms. The van der Waals surface area contributed by atoms with Crippen LogP contribution in [-0.2, 0) is 19.8 Å². The molecular formula is C18H21ClNO5PS. The van der Waals surface area contributed by atoms with Crippen LogP contribution in [0.5, 0.6) is 0 Å². The van der Waals surface area contributed by atoms with Crippen LogP contribution >= 0.6 is 30.5 Å². The quantitative estimate of drug-likeness (QED) is 0.413. The Labute approximate surface area is 167 Å². The predicted molar refractivity (Wildman–Crippen MR) is 108 cm³/mol. The maximum absolute atomic E-state index is 12.6. The summed E-state index contributed by atoms with van der Waals surface area (Å²) < 4.78 is 23.2. The van der Waals surface area contributed by atoms with Gasteiger partial charge in [0.25, 0.3) is 5.91 Å². The summed E-state index contributed by atoms with van der Waals surface area (Å²) in [5, 5.41) is 3.14. The number of carbonyl (C=O) groups is 2. The number of thiophene rings is 1. The lowest BCUT2D eigenvalue weighted by Crippen LogP contribution is -2.13. The second-order valence-corrected chi connectivity index (χ2v) is 9.23. The highest BCUT2D eigenvalue weighted by Gasteiger charge is 2.25. The van der Waals surface area contributed by atoms with Crippen LogP contribution in [0.15, 0.2) is 30.3 Å². The minimum absolute atomic E-state index is 0.103. The molecule has 2 aromatic rings. The van der Waals surface area contributed by atoms with Gasteiger partial charge in [-0.3, -0.25) is 14.2 Å². The summed E-state index contributed by atoms with van der Waals surface area (Å²) in [6.07, 6.45) is 0.103. The minimum atomic E-state index is -3.23. The molecule has 0 aliphatic carbocycles. The number of ketones is 1. The second-order valence-electron chi connectivity index (χ2n) is 5.57. The first-order valence-electron chi connectivity index (χ1n) is 8.36. The SMILES string of the molecule is CCOP(=O)(Cc1ccc(C(=O)Nc2ccc(Cl)cc2C(C)=O)s1)OCC. The van der Waals surface area contributed by atoms with E-state index in [2.05, 4.69) is 5.32 Å². The van der Waals surface area contributed by atoms with Gasteiger partial charge in [-0.15, -0.1) is 11.3 Å². The molecule has 0 aliphatic heterocycles. The van der Waals surface area contributed by atoms with Crippen LogP contribution in [0.25, 0.3) is 0 Å². The number of anilines is 1. The highest BCUT2D eigenvalue weighted by Crippen LogP contribution is 2.52. The molecule has 0 aliphatic rings. The van der Waals surface area contributed by atoms with E-state index in [4.69, 9.17) is 20.6 Å². The number of hydrogen-bond acceptors (Lipinski definition) is 6. The van der Waals surface area contributed by atoms with E-state index in [9.17, 15) is 14.2 Å². The van der Waals surface area contributed by atoms with Gasteiger partial charge < -0.3 is 14.4 Å². The molecule has 146 valence electrons. The van der Waals surface area contributed by atoms with Crippen LogP contribution in [0.3, 0.4) is 0 Å². The highest BCUT2D eigenvalue weighted by atomic mass is 35.5. The molecule has 1 aromatic carbocycles. The zero-order chi connectivity index (χ0) is 20.0. The summed E-state index contributed by atoms with van der Waals surface area (Å²) in [7, 11) is -3.23. The number of nitrogens with one attached hydrogen (secondary N) is 1. The fourth-order valence-electron chi connectivity index (χ4n) is 2.40. The van der Waals surface area contributed by atoms with Crippen LogP contribution < -0.4 is 5.32 Å². The summed E-state index contributed by atoms with van der Waals surface area (Å²) in [5.41, 5.74) is 0.728. The average Bonchev–Trinajstić information content (AvgIpc) is 3.04. The van der Waals surface area contributed by atoms with Crippen molar-refractivity contribution in [1.29, 1.82) is 0 Å². The molecule has 1 N–H and O–H groups in total. The molecular weight excluding hydrogens is 409 g/mol. The first-order chi connectivity index (χ1) is 12.8. The standard InChI is InChI=1S/C18H21ClNO5PS/c1-4-24-26(23,25-5-2)11-14-7-9-17(27-14)18(22)20-16-8-6-13(19)10-15(16)12(3)21/h6-10H,4-5,11H2,1-3H3,(H,20,22). The van der Waals surface area contributed by atoms with Crippen molar-refractivity contribution in [2.75, 3.05) is 18.5 Å². The van der Waals surface area contributed by atoms with Gasteiger partial charge in [-0.1, -0.05) is 11.6 Å². The molecule has 6 nitrogen and oxygen atoms in total. The number of rotatable bonds is 9. The van der Waals surface area contributed by atoms with Crippen molar-refractivity contribution >= 4 is 47.9 Å². The Bertz CT molecular complexity index is 872. The summed E-state index contributed by atoms with van der Waals surface area (Å²) in [6, 6.07) is 8.06. The van der Waals surface area contributed by atoms with Gasteiger partial charge in [-0.2, -0.15) is 0 Å². The fourth-order valence-corrected chi connectivity index (χ4v) is 5.53. The van der Waals surface area contributed by atoms with E-state index < -0.39 is 7.60 Å². The number of hydrogen-bond donors (Lipinski definition) is 1. The summed E-state index contributed by atoms with van der Waals surface area (Å²) in [6.45, 7) is 5.46. The van der Waals surface area contributed by atoms with E-state index in [1.54, 1.807) is 38.1 Å². The maximum atomic E-state index is 12.6. The largest absolute Gasteiger partial charge is 0.335 e. The van der Waals surface area contributed by atoms with Gasteiger partial charge in [0, 0.05) is 15.5 Å². The first-order valence-corrected chi connectivity index (χ1v) is 11.3. The second kappa shape index (κ2) is 9.62. The normalized spacial score (nSPS) is 11.4. The van der Waals surface area contributed by atoms with Gasteiger partial charge in [0.05, 0.1) is 29.9 Å². The van der Waals surface area contributed by atoms with E-state index in [1.165, 1.54) is 24.3 Å². The third kappa shape index (κ3) is 5.99. The van der Waals surface area contributed by atoms with Crippen LogP contribution in [0.4, 0.5) is 5.69 Å². The molecule has 1 aromatic heterocycles. The zero-order valence-corrected chi connectivity index (χ0v) is 17.7. The van der Waals surface area contributed by atoms with E-state index in [-0.39, 0.29) is 31.1 Å². The topological polar surface area (TPSA) is 81.7 Å². The van der Waals surface area contributed by atoms with Crippen LogP contribution in [-0.4, -0.2) is 24.9 Å². The third-order valence-corrected chi connectivity index (χ3v) is 7.06. The molecule has 0 saturated carbocycles. The van der Waals surface area contributed by atoms with Gasteiger partial charge in [0.15, 0.2) is 5.78 Å². The monoisotopic (exact) mass is 429 g/mol. The van der Waals surface area contributed by atoms with Gasteiger partial charge in [0.2, 0.25) is 0 Å². The number of amides is 1. The summed E-state index contributed by atoms with van der Waals surface area (Å²) >= 11 is 7.12. The van der Waals surface area contributed by atoms with Gasteiger partial charge >= 0.3 is 7.60 Å². The van der Waals surface area contributed by atoms with Crippen LogP contribution in [0.2, 0.25) is 5.02 Å². The average molecular weight is 430 g/mol. The smallest absolute Gasteiger partial charge is 0.321 e. The molecule has 1 amide bonds. The fraction of sp³-hybridized carbons (Fsp3) is 0.333. The lowest BCUT2D eigenvalue weighted by Gasteiger charge is -2.15. The van der Waals surface area contributed by atoms with Gasteiger partial charge in [-0.05, 0) is 51.1 Å². The predicted octanol–water partition coefficient (Wildman–Crippen LogP) is 5.62. The van der Waals surface area contributed by atoms with Crippen LogP contribution in [0.1, 0.15) is 45.7 Å². The molecule has 9 heteroatoms. The summed E-state index contributed by atoms with van der Waals surface area (Å²) in [4.78, 5) is 25.4. The molecule has 27 heavy (non-hydrogen) atoms. The third-order valence-electron chi connectivity index (χ3n) is 3.50. The molecule has 1 heterocycles. The van der Waals surface area contributed by atoms with Crippen molar-refractivity contribution in [3.05, 3.63) is 50.7 Å². The van der Waals surface area contributed by atoms with Crippen molar-refractivity contribution in [2.24, 2.45) is 0 Å². The van der Waals surface area contributed by atoms with Crippen molar-refractivity contribution < 1.29 is 23.2 Å². The highest BCUT2D eigenvalue weighted by molar-refractivity contribution is 7.53. The first kappa shape index (κ1) is 21.8. The van der Waals surface area contributed by atoms with Gasteiger partial charge in [-0.25, -0.2) is 0 Å². The number of benzene rings is 1. The molecule has 0 bridgehead atoms. The van der Waals surface area contributed by atoms with Gasteiger partial charge in [0.1, 0.15) is 0 Å². The lowest BCUT2D eigenvalue weighted by molar-refractivity contribution is 0.101. The molecule has 2 rings (SSSR count). The molecule has 0 fully saturated rings.